The summed E-state index contributed by atoms with van der Waals surface area (Å²) in [5.41, 5.74) is 2.40. The first-order chi connectivity index (χ1) is 14.0. The number of esters is 1. The average molecular weight is 399 g/mol. The minimum absolute atomic E-state index is 0.0303. The van der Waals surface area contributed by atoms with E-state index in [9.17, 15) is 14.0 Å². The summed E-state index contributed by atoms with van der Waals surface area (Å²) in [6.45, 7) is 5.42. The van der Waals surface area contributed by atoms with Crippen molar-refractivity contribution in [1.82, 2.24) is 10.2 Å². The number of nitrogens with one attached hydrogen (secondary N) is 1. The SMILES string of the molecule is COC(=O)c1ccc(CNC(=O)C(C)N2CCN(c3ccc(F)cc3)CC2)cc1. The summed E-state index contributed by atoms with van der Waals surface area (Å²) in [6, 6.07) is 13.2. The first kappa shape index (κ1) is 20.8. The zero-order chi connectivity index (χ0) is 20.8. The number of hydrogen-bond acceptors (Lipinski definition) is 5. The van der Waals surface area contributed by atoms with Gasteiger partial charge >= 0.3 is 5.97 Å². The second kappa shape index (κ2) is 9.52. The highest BCUT2D eigenvalue weighted by Crippen LogP contribution is 2.18. The molecule has 29 heavy (non-hydrogen) atoms. The van der Waals surface area contributed by atoms with E-state index in [1.165, 1.54) is 19.2 Å². The van der Waals surface area contributed by atoms with Crippen LogP contribution in [0, 0.1) is 5.82 Å². The maximum absolute atomic E-state index is 13.1. The predicted molar refractivity (Wildman–Crippen MR) is 109 cm³/mol. The van der Waals surface area contributed by atoms with E-state index in [1.807, 2.05) is 6.92 Å². The Labute approximate surface area is 170 Å². The van der Waals surface area contributed by atoms with Crippen molar-refractivity contribution >= 4 is 17.6 Å². The van der Waals surface area contributed by atoms with Crippen LogP contribution in [0.4, 0.5) is 10.1 Å². The van der Waals surface area contributed by atoms with Gasteiger partial charge in [-0.15, -0.1) is 0 Å². The van der Waals surface area contributed by atoms with Crippen LogP contribution in [0.15, 0.2) is 48.5 Å². The summed E-state index contributed by atoms with van der Waals surface area (Å²) in [7, 11) is 1.34. The van der Waals surface area contributed by atoms with Gasteiger partial charge in [-0.3, -0.25) is 9.69 Å². The third kappa shape index (κ3) is 5.32. The largest absolute Gasteiger partial charge is 0.465 e. The zero-order valence-corrected chi connectivity index (χ0v) is 16.7. The number of carbonyl (C=O) groups is 2. The number of rotatable bonds is 6. The lowest BCUT2D eigenvalue weighted by Crippen LogP contribution is -2.53. The monoisotopic (exact) mass is 399 g/mol. The molecule has 1 heterocycles. The number of methoxy groups -OCH3 is 1. The molecule has 0 aromatic heterocycles. The van der Waals surface area contributed by atoms with Gasteiger partial charge in [-0.05, 0) is 48.9 Å². The number of hydrogen-bond donors (Lipinski definition) is 1. The Morgan fingerprint density at radius 1 is 1.03 bits per heavy atom. The third-order valence-electron chi connectivity index (χ3n) is 5.27. The second-order valence-electron chi connectivity index (χ2n) is 7.08. The van der Waals surface area contributed by atoms with Gasteiger partial charge in [-0.25, -0.2) is 9.18 Å². The van der Waals surface area contributed by atoms with E-state index < -0.39 is 0 Å². The molecule has 2 aromatic carbocycles. The number of halogens is 1. The van der Waals surface area contributed by atoms with E-state index in [1.54, 1.807) is 36.4 Å². The van der Waals surface area contributed by atoms with Crippen LogP contribution in [0.2, 0.25) is 0 Å². The van der Waals surface area contributed by atoms with Crippen molar-refractivity contribution < 1.29 is 18.7 Å². The van der Waals surface area contributed by atoms with Crippen molar-refractivity contribution in [2.45, 2.75) is 19.5 Å². The molecule has 1 fully saturated rings. The van der Waals surface area contributed by atoms with E-state index in [0.717, 1.165) is 37.4 Å². The van der Waals surface area contributed by atoms with E-state index in [-0.39, 0.29) is 23.7 Å². The first-order valence-corrected chi connectivity index (χ1v) is 9.67. The van der Waals surface area contributed by atoms with E-state index >= 15 is 0 Å². The fourth-order valence-corrected chi connectivity index (χ4v) is 3.40. The number of benzene rings is 2. The topological polar surface area (TPSA) is 61.9 Å². The summed E-state index contributed by atoms with van der Waals surface area (Å²) >= 11 is 0. The number of piperazine rings is 1. The summed E-state index contributed by atoms with van der Waals surface area (Å²) < 4.78 is 17.8. The molecule has 0 saturated carbocycles. The van der Waals surface area contributed by atoms with Crippen LogP contribution in [0.25, 0.3) is 0 Å². The molecule has 1 N–H and O–H groups in total. The van der Waals surface area contributed by atoms with Gasteiger partial charge < -0.3 is 15.0 Å². The highest BCUT2D eigenvalue weighted by Gasteiger charge is 2.25. The van der Waals surface area contributed by atoms with Gasteiger partial charge in [0.15, 0.2) is 0 Å². The van der Waals surface area contributed by atoms with Gasteiger partial charge in [0.05, 0.1) is 18.7 Å². The Kier molecular flexibility index (Phi) is 6.82. The number of anilines is 1. The molecule has 3 rings (SSSR count). The quantitative estimate of drug-likeness (QED) is 0.756. The molecule has 2 aromatic rings. The van der Waals surface area contributed by atoms with Crippen LogP contribution in [0.1, 0.15) is 22.8 Å². The minimum atomic E-state index is -0.381. The van der Waals surface area contributed by atoms with Crippen molar-refractivity contribution in [3.05, 3.63) is 65.5 Å². The van der Waals surface area contributed by atoms with E-state index in [4.69, 9.17) is 0 Å². The number of ether oxygens (including phenoxy) is 1. The Hall–Kier alpha value is -2.93. The number of carbonyl (C=O) groups excluding carboxylic acids is 2. The third-order valence-corrected chi connectivity index (χ3v) is 5.27. The molecular weight excluding hydrogens is 373 g/mol. The van der Waals surface area contributed by atoms with Crippen molar-refractivity contribution in [1.29, 1.82) is 0 Å². The lowest BCUT2D eigenvalue weighted by atomic mass is 10.1. The molecule has 1 saturated heterocycles. The van der Waals surface area contributed by atoms with Gasteiger partial charge in [0.2, 0.25) is 5.91 Å². The van der Waals surface area contributed by atoms with Crippen LogP contribution in [0.3, 0.4) is 0 Å². The Bertz CT molecular complexity index is 831. The number of amides is 1. The Morgan fingerprint density at radius 2 is 1.66 bits per heavy atom. The summed E-state index contributed by atoms with van der Waals surface area (Å²) in [4.78, 5) is 28.4. The molecule has 1 aliphatic rings. The molecule has 0 bridgehead atoms. The van der Waals surface area contributed by atoms with Gasteiger partial charge in [0.1, 0.15) is 5.82 Å². The Balaban J connectivity index is 1.47. The molecule has 1 aliphatic heterocycles. The van der Waals surface area contributed by atoms with Crippen LogP contribution in [-0.2, 0) is 16.1 Å². The van der Waals surface area contributed by atoms with Gasteiger partial charge in [-0.1, -0.05) is 12.1 Å². The van der Waals surface area contributed by atoms with Crippen LogP contribution >= 0.6 is 0 Å². The van der Waals surface area contributed by atoms with Crippen molar-refractivity contribution in [3.8, 4) is 0 Å². The molecule has 7 heteroatoms. The highest BCUT2D eigenvalue weighted by atomic mass is 19.1. The summed E-state index contributed by atoms with van der Waals surface area (Å²) in [5.74, 6) is -0.649. The van der Waals surface area contributed by atoms with E-state index in [2.05, 4.69) is 19.9 Å². The van der Waals surface area contributed by atoms with Crippen molar-refractivity contribution in [3.63, 3.8) is 0 Å². The molecular formula is C22H26FN3O3. The summed E-state index contributed by atoms with van der Waals surface area (Å²) in [5, 5.41) is 2.96. The maximum Gasteiger partial charge on any atom is 0.337 e. The predicted octanol–water partition coefficient (Wildman–Crippen LogP) is 2.44. The van der Waals surface area contributed by atoms with E-state index in [0.29, 0.717) is 12.1 Å². The number of nitrogens with zero attached hydrogens (tertiary/aromatic N) is 2. The zero-order valence-electron chi connectivity index (χ0n) is 16.7. The Morgan fingerprint density at radius 3 is 2.24 bits per heavy atom. The summed E-state index contributed by atoms with van der Waals surface area (Å²) in [6.07, 6.45) is 0. The average Bonchev–Trinajstić information content (AvgIpc) is 2.77. The minimum Gasteiger partial charge on any atom is -0.465 e. The normalized spacial score (nSPS) is 15.6. The molecule has 1 atom stereocenters. The smallest absolute Gasteiger partial charge is 0.337 e. The van der Waals surface area contributed by atoms with Gasteiger partial charge in [0.25, 0.3) is 0 Å². The lowest BCUT2D eigenvalue weighted by molar-refractivity contribution is -0.126. The first-order valence-electron chi connectivity index (χ1n) is 9.67. The van der Waals surface area contributed by atoms with Crippen LogP contribution < -0.4 is 10.2 Å². The van der Waals surface area contributed by atoms with Crippen LogP contribution in [0.5, 0.6) is 0 Å². The molecule has 154 valence electrons. The molecule has 1 amide bonds. The highest BCUT2D eigenvalue weighted by molar-refractivity contribution is 5.89. The molecule has 1 unspecified atom stereocenters. The lowest BCUT2D eigenvalue weighted by Gasteiger charge is -2.38. The molecule has 0 aliphatic carbocycles. The van der Waals surface area contributed by atoms with Crippen molar-refractivity contribution in [2.24, 2.45) is 0 Å². The van der Waals surface area contributed by atoms with Crippen LogP contribution in [-0.4, -0.2) is 56.1 Å². The fourth-order valence-electron chi connectivity index (χ4n) is 3.40. The molecule has 0 spiro atoms. The van der Waals surface area contributed by atoms with Crippen molar-refractivity contribution in [2.75, 3.05) is 38.2 Å². The van der Waals surface area contributed by atoms with Gasteiger partial charge in [-0.2, -0.15) is 0 Å². The molecule has 6 nitrogen and oxygen atoms in total. The maximum atomic E-state index is 13.1. The molecule has 0 radical (unpaired) electrons. The second-order valence-corrected chi connectivity index (χ2v) is 7.08. The fraction of sp³-hybridized carbons (Fsp3) is 0.364. The van der Waals surface area contributed by atoms with Gasteiger partial charge in [0, 0.05) is 38.4 Å². The standard InChI is InChI=1S/C22H26FN3O3/c1-16(21(27)24-15-17-3-5-18(6-4-17)22(28)29-2)25-11-13-26(14-12-25)20-9-7-19(23)8-10-20/h3-10,16H,11-15H2,1-2H3,(H,24,27).